The summed E-state index contributed by atoms with van der Waals surface area (Å²) in [5.41, 5.74) is 3.37. The van der Waals surface area contributed by atoms with Crippen LogP contribution in [0, 0.1) is 5.92 Å². The highest BCUT2D eigenvalue weighted by molar-refractivity contribution is 5.88. The molecule has 0 radical (unpaired) electrons. The molecule has 2 aliphatic heterocycles. The van der Waals surface area contributed by atoms with E-state index in [2.05, 4.69) is 48.0 Å². The van der Waals surface area contributed by atoms with Crippen molar-refractivity contribution in [2.45, 2.75) is 45.3 Å². The van der Waals surface area contributed by atoms with Gasteiger partial charge in [0.15, 0.2) is 0 Å². The first-order valence-corrected chi connectivity index (χ1v) is 8.69. The van der Waals surface area contributed by atoms with Gasteiger partial charge in [-0.3, -0.25) is 4.79 Å². The van der Waals surface area contributed by atoms with Gasteiger partial charge in [0.25, 0.3) is 0 Å². The molecule has 2 aromatic rings. The van der Waals surface area contributed by atoms with Crippen molar-refractivity contribution in [3.63, 3.8) is 0 Å². The second kappa shape index (κ2) is 5.38. The Bertz CT molecular complexity index is 731. The van der Waals surface area contributed by atoms with E-state index in [0.717, 1.165) is 32.4 Å². The van der Waals surface area contributed by atoms with Gasteiger partial charge >= 0.3 is 0 Å². The monoisotopic (exact) mass is 312 g/mol. The molecule has 3 heterocycles. The summed E-state index contributed by atoms with van der Waals surface area (Å²) in [5.74, 6) is 0.0311. The number of aromatic nitrogens is 1. The Hall–Kier alpha value is -1.81. The molecule has 0 bridgehead atoms. The van der Waals surface area contributed by atoms with Crippen molar-refractivity contribution in [2.24, 2.45) is 5.92 Å². The van der Waals surface area contributed by atoms with E-state index in [4.69, 9.17) is 4.74 Å². The molecule has 2 atom stereocenters. The van der Waals surface area contributed by atoms with E-state index in [1.54, 1.807) is 0 Å². The third kappa shape index (κ3) is 2.04. The van der Waals surface area contributed by atoms with Crippen molar-refractivity contribution < 1.29 is 9.53 Å². The number of hydrogen-bond donors (Lipinski definition) is 1. The van der Waals surface area contributed by atoms with Crippen molar-refractivity contribution >= 4 is 16.8 Å². The molecule has 2 unspecified atom stereocenters. The summed E-state index contributed by atoms with van der Waals surface area (Å²) in [6, 6.07) is 8.58. The molecule has 0 saturated carbocycles. The fourth-order valence-electron chi connectivity index (χ4n) is 4.41. The van der Waals surface area contributed by atoms with Gasteiger partial charge < -0.3 is 14.6 Å². The maximum atomic E-state index is 12.7. The van der Waals surface area contributed by atoms with Gasteiger partial charge in [-0.15, -0.1) is 0 Å². The standard InChI is InChI=1S/C19H24N2O2/c1-3-10-20-18(22)15-8-11-21-16-7-5-4-6-13(16)14-9-12-23-19(15,2)17(14)21/h4-7,15H,3,8-12H2,1-2H3,(H,20,22). The lowest BCUT2D eigenvalue weighted by atomic mass is 9.77. The van der Waals surface area contributed by atoms with Crippen molar-refractivity contribution in [3.05, 3.63) is 35.5 Å². The molecule has 1 aromatic heterocycles. The lowest BCUT2D eigenvalue weighted by Gasteiger charge is -2.44. The molecular formula is C19H24N2O2. The number of nitrogens with one attached hydrogen (secondary N) is 1. The number of rotatable bonds is 3. The van der Waals surface area contributed by atoms with Gasteiger partial charge in [-0.05, 0) is 37.8 Å². The fraction of sp³-hybridized carbons (Fsp3) is 0.526. The quantitative estimate of drug-likeness (QED) is 0.947. The molecule has 1 amide bonds. The predicted octanol–water partition coefficient (Wildman–Crippen LogP) is 2.98. The Labute approximate surface area is 136 Å². The van der Waals surface area contributed by atoms with E-state index in [0.29, 0.717) is 6.61 Å². The van der Waals surface area contributed by atoms with E-state index in [1.165, 1.54) is 22.2 Å². The Morgan fingerprint density at radius 1 is 1.43 bits per heavy atom. The topological polar surface area (TPSA) is 43.3 Å². The average Bonchev–Trinajstić information content (AvgIpc) is 2.89. The van der Waals surface area contributed by atoms with Gasteiger partial charge in [0.1, 0.15) is 5.60 Å². The number of benzene rings is 1. The summed E-state index contributed by atoms with van der Waals surface area (Å²) < 4.78 is 8.62. The van der Waals surface area contributed by atoms with Crippen LogP contribution in [0.3, 0.4) is 0 Å². The molecular weight excluding hydrogens is 288 g/mol. The van der Waals surface area contributed by atoms with Gasteiger partial charge in [-0.2, -0.15) is 0 Å². The van der Waals surface area contributed by atoms with E-state index < -0.39 is 5.60 Å². The Morgan fingerprint density at radius 2 is 2.26 bits per heavy atom. The van der Waals surface area contributed by atoms with E-state index in [9.17, 15) is 4.79 Å². The number of aryl methyl sites for hydroxylation is 1. The highest BCUT2D eigenvalue weighted by Crippen LogP contribution is 2.47. The van der Waals surface area contributed by atoms with Crippen LogP contribution in [0.25, 0.3) is 10.9 Å². The number of carbonyl (C=O) groups is 1. The van der Waals surface area contributed by atoms with Crippen LogP contribution in [-0.4, -0.2) is 23.6 Å². The molecule has 0 fully saturated rings. The van der Waals surface area contributed by atoms with Gasteiger partial charge in [0.05, 0.1) is 18.2 Å². The molecule has 1 N–H and O–H groups in total. The van der Waals surface area contributed by atoms with Crippen LogP contribution in [-0.2, 0) is 28.1 Å². The van der Waals surface area contributed by atoms with Gasteiger partial charge in [-0.25, -0.2) is 0 Å². The number of fused-ring (bicyclic) bond motifs is 3. The smallest absolute Gasteiger partial charge is 0.226 e. The zero-order chi connectivity index (χ0) is 16.0. The first-order valence-electron chi connectivity index (χ1n) is 8.69. The number of amides is 1. The molecule has 122 valence electrons. The first-order chi connectivity index (χ1) is 11.2. The molecule has 0 spiro atoms. The lowest BCUT2D eigenvalue weighted by molar-refractivity contribution is -0.148. The third-order valence-corrected chi connectivity index (χ3v) is 5.47. The third-order valence-electron chi connectivity index (χ3n) is 5.47. The van der Waals surface area contributed by atoms with Crippen LogP contribution >= 0.6 is 0 Å². The molecule has 0 aliphatic carbocycles. The Kier molecular flexibility index (Phi) is 3.45. The number of hydrogen-bond acceptors (Lipinski definition) is 2. The van der Waals surface area contributed by atoms with Crippen LogP contribution in [0.1, 0.15) is 37.9 Å². The van der Waals surface area contributed by atoms with Crippen molar-refractivity contribution in [1.29, 1.82) is 0 Å². The van der Waals surface area contributed by atoms with Gasteiger partial charge in [0, 0.05) is 24.0 Å². The summed E-state index contributed by atoms with van der Waals surface area (Å²) in [6.45, 7) is 6.50. The predicted molar refractivity (Wildman–Crippen MR) is 90.4 cm³/mol. The molecule has 1 aromatic carbocycles. The average molecular weight is 312 g/mol. The molecule has 2 aliphatic rings. The second-order valence-corrected chi connectivity index (χ2v) is 6.83. The highest BCUT2D eigenvalue weighted by Gasteiger charge is 2.49. The lowest BCUT2D eigenvalue weighted by Crippen LogP contribution is -2.51. The summed E-state index contributed by atoms with van der Waals surface area (Å²) in [5, 5.41) is 4.40. The van der Waals surface area contributed by atoms with Crippen LogP contribution in [0.5, 0.6) is 0 Å². The number of nitrogens with zero attached hydrogens (tertiary/aromatic N) is 1. The van der Waals surface area contributed by atoms with E-state index >= 15 is 0 Å². The maximum Gasteiger partial charge on any atom is 0.226 e. The second-order valence-electron chi connectivity index (χ2n) is 6.83. The van der Waals surface area contributed by atoms with Crippen molar-refractivity contribution in [3.8, 4) is 0 Å². The van der Waals surface area contributed by atoms with Gasteiger partial charge in [0.2, 0.25) is 5.91 Å². The summed E-state index contributed by atoms with van der Waals surface area (Å²) >= 11 is 0. The zero-order valence-corrected chi connectivity index (χ0v) is 13.9. The van der Waals surface area contributed by atoms with Gasteiger partial charge in [-0.1, -0.05) is 25.1 Å². The SMILES string of the molecule is CCCNC(=O)C1CCn2c3c(c4ccccc42)CCOC31C. The highest BCUT2D eigenvalue weighted by atomic mass is 16.5. The molecule has 4 nitrogen and oxygen atoms in total. The minimum atomic E-state index is -0.511. The minimum Gasteiger partial charge on any atom is -0.368 e. The minimum absolute atomic E-state index is 0.107. The molecule has 4 heteroatoms. The maximum absolute atomic E-state index is 12.7. The number of ether oxygens (including phenoxy) is 1. The van der Waals surface area contributed by atoms with Crippen LogP contribution in [0.2, 0.25) is 0 Å². The Morgan fingerprint density at radius 3 is 3.09 bits per heavy atom. The van der Waals surface area contributed by atoms with Crippen molar-refractivity contribution in [1.82, 2.24) is 9.88 Å². The Balaban J connectivity index is 1.84. The summed E-state index contributed by atoms with van der Waals surface area (Å²) in [6.07, 6.45) is 2.72. The molecule has 23 heavy (non-hydrogen) atoms. The zero-order valence-electron chi connectivity index (χ0n) is 13.9. The van der Waals surface area contributed by atoms with Crippen LogP contribution in [0.15, 0.2) is 24.3 Å². The summed E-state index contributed by atoms with van der Waals surface area (Å²) in [4.78, 5) is 12.7. The van der Waals surface area contributed by atoms with Crippen molar-refractivity contribution in [2.75, 3.05) is 13.2 Å². The van der Waals surface area contributed by atoms with E-state index in [-0.39, 0.29) is 11.8 Å². The number of para-hydroxylation sites is 1. The first kappa shape index (κ1) is 14.8. The van der Waals surface area contributed by atoms with Crippen LogP contribution < -0.4 is 5.32 Å². The molecule has 4 rings (SSSR count). The normalized spacial score (nSPS) is 26.1. The largest absolute Gasteiger partial charge is 0.368 e. The number of carbonyl (C=O) groups excluding carboxylic acids is 1. The fourth-order valence-corrected chi connectivity index (χ4v) is 4.41. The van der Waals surface area contributed by atoms with E-state index in [1.807, 2.05) is 0 Å². The summed E-state index contributed by atoms with van der Waals surface area (Å²) in [7, 11) is 0. The molecule has 0 saturated heterocycles. The van der Waals surface area contributed by atoms with Crippen LogP contribution in [0.4, 0.5) is 0 Å².